The van der Waals surface area contributed by atoms with Gasteiger partial charge in [-0.25, -0.2) is 0 Å². The summed E-state index contributed by atoms with van der Waals surface area (Å²) in [7, 11) is 0. The van der Waals surface area contributed by atoms with Crippen molar-refractivity contribution in [2.24, 2.45) is 5.92 Å². The number of anilines is 1. The highest BCUT2D eigenvalue weighted by atomic mass is 16.4. The fraction of sp³-hybridized carbons (Fsp3) is 0.440. The van der Waals surface area contributed by atoms with Crippen molar-refractivity contribution in [2.45, 2.75) is 32.7 Å². The van der Waals surface area contributed by atoms with Gasteiger partial charge in [-0.2, -0.15) is 4.98 Å². The lowest BCUT2D eigenvalue weighted by molar-refractivity contribution is -0.125. The van der Waals surface area contributed by atoms with Crippen LogP contribution in [0.1, 0.15) is 38.3 Å². The Morgan fingerprint density at radius 3 is 2.45 bits per heavy atom. The maximum Gasteiger partial charge on any atom is 0.298 e. The summed E-state index contributed by atoms with van der Waals surface area (Å²) in [5, 5.41) is 3.24. The van der Waals surface area contributed by atoms with E-state index in [1.54, 1.807) is 0 Å². The van der Waals surface area contributed by atoms with E-state index in [2.05, 4.69) is 58.2 Å². The number of carbonyl (C=O) groups is 1. The van der Waals surface area contributed by atoms with Gasteiger partial charge in [-0.1, -0.05) is 56.3 Å². The molecule has 0 bridgehead atoms. The van der Waals surface area contributed by atoms with E-state index in [0.29, 0.717) is 12.6 Å². The number of hydrogen-bond acceptors (Lipinski definition) is 5. The minimum atomic E-state index is 0.0359. The monoisotopic (exact) mass is 420 g/mol. The molecule has 31 heavy (non-hydrogen) atoms. The van der Waals surface area contributed by atoms with Crippen LogP contribution in [-0.2, 0) is 4.79 Å². The van der Waals surface area contributed by atoms with Gasteiger partial charge in [-0.15, -0.1) is 0 Å². The number of amides is 1. The summed E-state index contributed by atoms with van der Waals surface area (Å²) < 4.78 is 5.89. The van der Waals surface area contributed by atoms with Gasteiger partial charge in [0.1, 0.15) is 5.52 Å². The Labute approximate surface area is 184 Å². The number of nitrogens with zero attached hydrogens (tertiary/aromatic N) is 3. The third-order valence-corrected chi connectivity index (χ3v) is 6.33. The van der Waals surface area contributed by atoms with Crippen molar-refractivity contribution >= 4 is 23.0 Å². The highest BCUT2D eigenvalue weighted by Gasteiger charge is 2.28. The second kappa shape index (κ2) is 9.96. The number of hydrogen-bond donors (Lipinski definition) is 1. The van der Waals surface area contributed by atoms with Crippen LogP contribution in [0.15, 0.2) is 59.0 Å². The number of carbonyl (C=O) groups excluding carboxylic acids is 1. The van der Waals surface area contributed by atoms with Gasteiger partial charge in [-0.3, -0.25) is 9.69 Å². The first-order valence-corrected chi connectivity index (χ1v) is 11.4. The molecule has 1 N–H and O–H groups in total. The zero-order chi connectivity index (χ0) is 21.6. The summed E-state index contributed by atoms with van der Waals surface area (Å²) in [5.74, 6) is 0.194. The number of oxazole rings is 1. The molecule has 164 valence electrons. The number of likely N-dealkylation sites (N-methyl/N-ethyl adjacent to an activating group) is 1. The van der Waals surface area contributed by atoms with Crippen molar-refractivity contribution in [3.05, 3.63) is 60.2 Å². The van der Waals surface area contributed by atoms with Crippen LogP contribution in [0.25, 0.3) is 11.1 Å². The van der Waals surface area contributed by atoms with Gasteiger partial charge < -0.3 is 14.6 Å². The Morgan fingerprint density at radius 1 is 1.10 bits per heavy atom. The quantitative estimate of drug-likeness (QED) is 0.590. The van der Waals surface area contributed by atoms with E-state index in [0.717, 1.165) is 50.1 Å². The summed E-state index contributed by atoms with van der Waals surface area (Å²) in [6, 6.07) is 19.1. The number of rotatable bonds is 8. The Balaban J connectivity index is 1.33. The van der Waals surface area contributed by atoms with E-state index in [1.807, 2.05) is 30.3 Å². The fourth-order valence-corrected chi connectivity index (χ4v) is 4.47. The average molecular weight is 421 g/mol. The van der Waals surface area contributed by atoms with Gasteiger partial charge in [-0.05, 0) is 43.6 Å². The van der Waals surface area contributed by atoms with E-state index in [9.17, 15) is 4.79 Å². The van der Waals surface area contributed by atoms with Crippen molar-refractivity contribution in [3.63, 3.8) is 0 Å². The number of aromatic nitrogens is 1. The second-order valence-corrected chi connectivity index (χ2v) is 8.12. The van der Waals surface area contributed by atoms with E-state index in [1.165, 1.54) is 5.56 Å². The zero-order valence-corrected chi connectivity index (χ0v) is 18.5. The minimum Gasteiger partial charge on any atom is -0.423 e. The molecule has 6 nitrogen and oxygen atoms in total. The van der Waals surface area contributed by atoms with Crippen molar-refractivity contribution in [2.75, 3.05) is 37.6 Å². The molecule has 6 heteroatoms. The molecule has 0 saturated carbocycles. The topological polar surface area (TPSA) is 61.6 Å². The van der Waals surface area contributed by atoms with Crippen molar-refractivity contribution in [1.29, 1.82) is 0 Å². The van der Waals surface area contributed by atoms with Crippen molar-refractivity contribution < 1.29 is 9.21 Å². The maximum atomic E-state index is 12.9. The summed E-state index contributed by atoms with van der Waals surface area (Å²) in [6.07, 6.45) is 1.62. The molecule has 0 aliphatic carbocycles. The molecule has 0 spiro atoms. The predicted octanol–water partition coefficient (Wildman–Crippen LogP) is 4.24. The van der Waals surface area contributed by atoms with Crippen LogP contribution >= 0.6 is 0 Å². The molecule has 0 radical (unpaired) electrons. The largest absolute Gasteiger partial charge is 0.423 e. The van der Waals surface area contributed by atoms with Crippen LogP contribution in [-0.4, -0.2) is 48.5 Å². The normalized spacial score (nSPS) is 16.0. The van der Waals surface area contributed by atoms with Crippen LogP contribution in [0.4, 0.5) is 6.01 Å². The predicted molar refractivity (Wildman–Crippen MR) is 124 cm³/mol. The zero-order valence-electron chi connectivity index (χ0n) is 18.5. The average Bonchev–Trinajstić information content (AvgIpc) is 3.26. The minimum absolute atomic E-state index is 0.0359. The summed E-state index contributed by atoms with van der Waals surface area (Å²) >= 11 is 0. The summed E-state index contributed by atoms with van der Waals surface area (Å²) in [6.45, 7) is 8.44. The van der Waals surface area contributed by atoms with Crippen molar-refractivity contribution in [1.82, 2.24) is 15.2 Å². The molecule has 1 amide bonds. The van der Waals surface area contributed by atoms with Crippen LogP contribution in [0, 0.1) is 5.92 Å². The lowest BCUT2D eigenvalue weighted by Gasteiger charge is -2.32. The van der Waals surface area contributed by atoms with E-state index in [-0.39, 0.29) is 17.9 Å². The molecule has 1 atom stereocenters. The molecule has 1 aromatic heterocycles. The summed E-state index contributed by atoms with van der Waals surface area (Å²) in [4.78, 5) is 22.1. The van der Waals surface area contributed by atoms with Gasteiger partial charge in [0.15, 0.2) is 5.58 Å². The van der Waals surface area contributed by atoms with Gasteiger partial charge in [0.2, 0.25) is 5.91 Å². The standard InChI is InChI=1S/C25H32N4O2/c1-3-28(4-2)22(19-10-6-5-7-11-19)18-26-24(30)20-14-16-29(17-15-20)25-27-21-12-8-9-13-23(21)31-25/h5-13,20,22H,3-4,14-18H2,1-2H3,(H,26,30). The Hall–Kier alpha value is -2.86. The number of piperidine rings is 1. The molecular weight excluding hydrogens is 388 g/mol. The van der Waals surface area contributed by atoms with E-state index < -0.39 is 0 Å². The van der Waals surface area contributed by atoms with Crippen molar-refractivity contribution in [3.8, 4) is 0 Å². The molecule has 2 heterocycles. The molecular formula is C25H32N4O2. The molecule has 1 saturated heterocycles. The highest BCUT2D eigenvalue weighted by molar-refractivity contribution is 5.79. The first-order chi connectivity index (χ1) is 15.2. The molecule has 1 unspecified atom stereocenters. The second-order valence-electron chi connectivity index (χ2n) is 8.12. The Morgan fingerprint density at radius 2 is 1.77 bits per heavy atom. The molecule has 3 aromatic rings. The first-order valence-electron chi connectivity index (χ1n) is 11.4. The fourth-order valence-electron chi connectivity index (χ4n) is 4.47. The summed E-state index contributed by atoms with van der Waals surface area (Å²) in [5.41, 5.74) is 2.93. The highest BCUT2D eigenvalue weighted by Crippen LogP contribution is 2.27. The van der Waals surface area contributed by atoms with Crippen LogP contribution in [0.3, 0.4) is 0 Å². The number of benzene rings is 2. The molecule has 4 rings (SSSR count). The Kier molecular flexibility index (Phi) is 6.87. The first kappa shape index (κ1) is 21.4. The lowest BCUT2D eigenvalue weighted by atomic mass is 9.96. The SMILES string of the molecule is CCN(CC)C(CNC(=O)C1CCN(c2nc3ccccc3o2)CC1)c1ccccc1. The third-order valence-electron chi connectivity index (χ3n) is 6.33. The third kappa shape index (κ3) is 4.90. The van der Waals surface area contributed by atoms with Gasteiger partial charge in [0.25, 0.3) is 6.01 Å². The van der Waals surface area contributed by atoms with Gasteiger partial charge >= 0.3 is 0 Å². The maximum absolute atomic E-state index is 12.9. The van der Waals surface area contributed by atoms with Gasteiger partial charge in [0, 0.05) is 25.6 Å². The van der Waals surface area contributed by atoms with Gasteiger partial charge in [0.05, 0.1) is 6.04 Å². The van der Waals surface area contributed by atoms with Crippen LogP contribution in [0.5, 0.6) is 0 Å². The molecule has 2 aromatic carbocycles. The van der Waals surface area contributed by atoms with Crippen LogP contribution in [0.2, 0.25) is 0 Å². The number of fused-ring (bicyclic) bond motifs is 1. The van der Waals surface area contributed by atoms with E-state index >= 15 is 0 Å². The van der Waals surface area contributed by atoms with E-state index in [4.69, 9.17) is 4.42 Å². The Bertz CT molecular complexity index is 942. The molecule has 1 aliphatic rings. The van der Waals surface area contributed by atoms with Crippen LogP contribution < -0.4 is 10.2 Å². The smallest absolute Gasteiger partial charge is 0.298 e. The number of nitrogens with one attached hydrogen (secondary N) is 1. The lowest BCUT2D eigenvalue weighted by Crippen LogP contribution is -2.43. The molecule has 1 fully saturated rings. The molecule has 1 aliphatic heterocycles. The number of para-hydroxylation sites is 2.